The number of halogens is 3. The van der Waals surface area contributed by atoms with E-state index in [1.165, 1.54) is 24.3 Å². The van der Waals surface area contributed by atoms with Crippen molar-refractivity contribution in [2.24, 2.45) is 0 Å². The third kappa shape index (κ3) is 6.75. The molecule has 0 aliphatic rings. The predicted octanol–water partition coefficient (Wildman–Crippen LogP) is 7.31. The first-order chi connectivity index (χ1) is 18.9. The molecular formula is C31H25ClF2N4O. The van der Waals surface area contributed by atoms with Crippen molar-refractivity contribution < 1.29 is 13.6 Å². The summed E-state index contributed by atoms with van der Waals surface area (Å²) >= 11 is 6.30. The summed E-state index contributed by atoms with van der Waals surface area (Å²) in [6.07, 6.45) is 0.869. The lowest BCUT2D eigenvalue weighted by atomic mass is 10.1. The van der Waals surface area contributed by atoms with Gasteiger partial charge in [-0.1, -0.05) is 48.0 Å². The van der Waals surface area contributed by atoms with Crippen LogP contribution in [0.1, 0.15) is 12.0 Å². The van der Waals surface area contributed by atoms with Gasteiger partial charge in [-0.2, -0.15) is 0 Å². The second-order valence-corrected chi connectivity index (χ2v) is 9.51. The van der Waals surface area contributed by atoms with Crippen molar-refractivity contribution in [3.8, 4) is 11.4 Å². The summed E-state index contributed by atoms with van der Waals surface area (Å²) in [5, 5.41) is 4.07. The van der Waals surface area contributed by atoms with Gasteiger partial charge in [0.1, 0.15) is 17.5 Å². The lowest BCUT2D eigenvalue weighted by Gasteiger charge is -2.25. The Morgan fingerprint density at radius 1 is 0.821 bits per heavy atom. The second kappa shape index (κ2) is 12.0. The molecule has 1 amide bonds. The van der Waals surface area contributed by atoms with E-state index in [-0.39, 0.29) is 18.1 Å². The van der Waals surface area contributed by atoms with Gasteiger partial charge in [0.25, 0.3) is 0 Å². The Hall–Kier alpha value is -4.36. The number of nitrogens with one attached hydrogen (secondary N) is 1. The fraction of sp³-hybridized carbons (Fsp3) is 0.129. The Labute approximate surface area is 230 Å². The lowest BCUT2D eigenvalue weighted by molar-refractivity contribution is -0.116. The number of nitrogens with zero attached hydrogens (tertiary/aromatic N) is 3. The summed E-state index contributed by atoms with van der Waals surface area (Å²) in [5.41, 5.74) is 2.84. The summed E-state index contributed by atoms with van der Waals surface area (Å²) in [6, 6.07) is 27.2. The average molecular weight is 543 g/mol. The minimum Gasteiger partial charge on any atom is -0.355 e. The van der Waals surface area contributed by atoms with Crippen LogP contribution in [0.3, 0.4) is 0 Å². The Morgan fingerprint density at radius 3 is 2.38 bits per heavy atom. The van der Waals surface area contributed by atoms with Crippen LogP contribution < -0.4 is 10.2 Å². The van der Waals surface area contributed by atoms with Crippen LogP contribution in [-0.4, -0.2) is 29.0 Å². The molecule has 39 heavy (non-hydrogen) atoms. The van der Waals surface area contributed by atoms with Gasteiger partial charge in [-0.3, -0.25) is 4.79 Å². The van der Waals surface area contributed by atoms with E-state index in [1.807, 2.05) is 29.2 Å². The molecule has 0 fully saturated rings. The topological polar surface area (TPSA) is 58.1 Å². The van der Waals surface area contributed by atoms with E-state index in [2.05, 4.69) is 17.4 Å². The number of hydrogen-bond donors (Lipinski definition) is 1. The monoisotopic (exact) mass is 542 g/mol. The highest BCUT2D eigenvalue weighted by molar-refractivity contribution is 6.31. The van der Waals surface area contributed by atoms with Gasteiger partial charge in [-0.25, -0.2) is 18.7 Å². The molecule has 0 spiro atoms. The quantitative estimate of drug-likeness (QED) is 0.212. The molecule has 196 valence electrons. The molecule has 4 aromatic carbocycles. The highest BCUT2D eigenvalue weighted by Gasteiger charge is 2.18. The maximum Gasteiger partial charge on any atom is 0.226 e. The number of amides is 1. The highest BCUT2D eigenvalue weighted by atomic mass is 35.5. The third-order valence-corrected chi connectivity index (χ3v) is 6.51. The summed E-state index contributed by atoms with van der Waals surface area (Å²) < 4.78 is 27.2. The molecule has 5 nitrogen and oxygen atoms in total. The molecule has 8 heteroatoms. The Balaban J connectivity index is 1.49. The molecule has 0 saturated carbocycles. The van der Waals surface area contributed by atoms with Crippen LogP contribution in [0.15, 0.2) is 97.1 Å². The Kier molecular flexibility index (Phi) is 8.08. The van der Waals surface area contributed by atoms with Gasteiger partial charge in [0, 0.05) is 41.2 Å². The number of benzene rings is 4. The molecule has 0 aliphatic carbocycles. The van der Waals surface area contributed by atoms with E-state index in [0.29, 0.717) is 46.5 Å². The maximum atomic E-state index is 13.6. The van der Waals surface area contributed by atoms with Gasteiger partial charge in [-0.15, -0.1) is 0 Å². The SMILES string of the molecule is O=C(CCN(CCc1ccccc1)c1nc(-c2ccc(F)cc2)nc2cc(Cl)ccc12)Nc1cccc(F)c1. The smallest absolute Gasteiger partial charge is 0.226 e. The zero-order valence-corrected chi connectivity index (χ0v) is 21.7. The van der Waals surface area contributed by atoms with Gasteiger partial charge in [0.15, 0.2) is 5.82 Å². The minimum atomic E-state index is -0.420. The predicted molar refractivity (Wildman–Crippen MR) is 152 cm³/mol. The Morgan fingerprint density at radius 2 is 1.62 bits per heavy atom. The van der Waals surface area contributed by atoms with Crippen LogP contribution in [0.2, 0.25) is 5.02 Å². The van der Waals surface area contributed by atoms with Gasteiger partial charge >= 0.3 is 0 Å². The molecule has 0 atom stereocenters. The van der Waals surface area contributed by atoms with Crippen molar-refractivity contribution in [2.45, 2.75) is 12.8 Å². The number of carbonyl (C=O) groups excluding carboxylic acids is 1. The second-order valence-electron chi connectivity index (χ2n) is 9.07. The number of carbonyl (C=O) groups is 1. The number of anilines is 2. The zero-order chi connectivity index (χ0) is 27.2. The first-order valence-electron chi connectivity index (χ1n) is 12.5. The van der Waals surface area contributed by atoms with Crippen molar-refractivity contribution >= 4 is 39.9 Å². The van der Waals surface area contributed by atoms with E-state index >= 15 is 0 Å². The molecule has 1 aromatic heterocycles. The van der Waals surface area contributed by atoms with Crippen molar-refractivity contribution in [3.05, 3.63) is 119 Å². The molecule has 1 N–H and O–H groups in total. The fourth-order valence-corrected chi connectivity index (χ4v) is 4.48. The molecular weight excluding hydrogens is 518 g/mol. The maximum absolute atomic E-state index is 13.6. The van der Waals surface area contributed by atoms with Gasteiger partial charge in [-0.05, 0) is 72.6 Å². The van der Waals surface area contributed by atoms with Gasteiger partial charge < -0.3 is 10.2 Å². The molecule has 0 radical (unpaired) electrons. The van der Waals surface area contributed by atoms with Crippen molar-refractivity contribution in [1.82, 2.24) is 9.97 Å². The number of aromatic nitrogens is 2. The molecule has 0 unspecified atom stereocenters. The van der Waals surface area contributed by atoms with Crippen molar-refractivity contribution in [1.29, 1.82) is 0 Å². The van der Waals surface area contributed by atoms with Crippen LogP contribution in [0.25, 0.3) is 22.3 Å². The highest BCUT2D eigenvalue weighted by Crippen LogP contribution is 2.30. The third-order valence-electron chi connectivity index (χ3n) is 6.27. The van der Waals surface area contributed by atoms with Gasteiger partial charge in [0.2, 0.25) is 5.91 Å². The largest absolute Gasteiger partial charge is 0.355 e. The van der Waals surface area contributed by atoms with E-state index in [1.54, 1.807) is 36.4 Å². The van der Waals surface area contributed by atoms with Crippen LogP contribution in [-0.2, 0) is 11.2 Å². The Bertz CT molecular complexity index is 1600. The lowest BCUT2D eigenvalue weighted by Crippen LogP contribution is -2.31. The standard InChI is InChI=1S/C31H25ClF2N4O/c32-23-11-14-27-28(19-23)36-30(22-9-12-24(33)13-10-22)37-31(27)38(17-15-21-5-2-1-3-6-21)18-16-29(39)35-26-8-4-7-25(34)20-26/h1-14,19-20H,15-18H2,(H,35,39). The van der Waals surface area contributed by atoms with E-state index in [9.17, 15) is 13.6 Å². The first-order valence-corrected chi connectivity index (χ1v) is 12.9. The number of rotatable bonds is 9. The molecule has 0 saturated heterocycles. The summed E-state index contributed by atoms with van der Waals surface area (Å²) in [4.78, 5) is 24.4. The molecule has 5 rings (SSSR count). The van der Waals surface area contributed by atoms with Crippen LogP contribution in [0, 0.1) is 11.6 Å². The zero-order valence-electron chi connectivity index (χ0n) is 20.9. The van der Waals surface area contributed by atoms with Crippen molar-refractivity contribution in [2.75, 3.05) is 23.3 Å². The van der Waals surface area contributed by atoms with Crippen molar-refractivity contribution in [3.63, 3.8) is 0 Å². The molecule has 0 bridgehead atoms. The van der Waals surface area contributed by atoms with Crippen LogP contribution in [0.4, 0.5) is 20.3 Å². The fourth-order valence-electron chi connectivity index (χ4n) is 4.31. The van der Waals surface area contributed by atoms with E-state index in [4.69, 9.17) is 21.6 Å². The summed E-state index contributed by atoms with van der Waals surface area (Å²) in [5.74, 6) is 0.0537. The first kappa shape index (κ1) is 26.3. The van der Waals surface area contributed by atoms with E-state index < -0.39 is 5.82 Å². The molecule has 5 aromatic rings. The van der Waals surface area contributed by atoms with E-state index in [0.717, 1.165) is 17.4 Å². The van der Waals surface area contributed by atoms with Gasteiger partial charge in [0.05, 0.1) is 5.52 Å². The number of fused-ring (bicyclic) bond motifs is 1. The summed E-state index contributed by atoms with van der Waals surface area (Å²) in [6.45, 7) is 0.931. The number of hydrogen-bond acceptors (Lipinski definition) is 4. The molecule has 1 heterocycles. The van der Waals surface area contributed by atoms with Crippen LogP contribution >= 0.6 is 11.6 Å². The molecule has 0 aliphatic heterocycles. The minimum absolute atomic E-state index is 0.149. The van der Waals surface area contributed by atoms with Crippen LogP contribution in [0.5, 0.6) is 0 Å². The summed E-state index contributed by atoms with van der Waals surface area (Å²) in [7, 11) is 0. The average Bonchev–Trinajstić information content (AvgIpc) is 2.93. The normalized spacial score (nSPS) is 10.9.